The van der Waals surface area contributed by atoms with E-state index >= 15 is 0 Å². The van der Waals surface area contributed by atoms with Gasteiger partial charge in [0.1, 0.15) is 0 Å². The van der Waals surface area contributed by atoms with E-state index in [-0.39, 0.29) is 16.2 Å². The molecule has 0 bridgehead atoms. The molecule has 0 radical (unpaired) electrons. The van der Waals surface area contributed by atoms with Gasteiger partial charge in [-0.15, -0.1) is 0 Å². The van der Waals surface area contributed by atoms with Crippen molar-refractivity contribution in [1.29, 1.82) is 0 Å². The highest BCUT2D eigenvalue weighted by Gasteiger charge is 2.23. The first kappa shape index (κ1) is 13.5. The molecular formula is C15H12N2O3S. The van der Waals surface area contributed by atoms with Crippen LogP contribution in [0.2, 0.25) is 0 Å². The number of fused-ring (bicyclic) bond motifs is 1. The second-order valence-corrected chi connectivity index (χ2v) is 6.42. The summed E-state index contributed by atoms with van der Waals surface area (Å²) in [7, 11) is -3.86. The highest BCUT2D eigenvalue weighted by molar-refractivity contribution is 7.90. The standard InChI is InChI=1S/C15H12N2O3S/c1-11-7-8-12-9-13(10-18)17(15(12)16-11)21(19,20)14-5-3-2-4-6-14/h2-10H,1H3. The van der Waals surface area contributed by atoms with Crippen molar-refractivity contribution in [2.75, 3.05) is 0 Å². The zero-order valence-electron chi connectivity index (χ0n) is 11.2. The van der Waals surface area contributed by atoms with Crippen LogP contribution in [0.3, 0.4) is 0 Å². The van der Waals surface area contributed by atoms with Gasteiger partial charge in [0, 0.05) is 11.1 Å². The lowest BCUT2D eigenvalue weighted by Crippen LogP contribution is -2.16. The number of carbonyl (C=O) groups is 1. The van der Waals surface area contributed by atoms with Crippen LogP contribution in [-0.2, 0) is 10.0 Å². The number of benzene rings is 1. The van der Waals surface area contributed by atoms with Crippen LogP contribution in [0.15, 0.2) is 53.4 Å². The molecule has 0 aliphatic heterocycles. The molecule has 0 aliphatic rings. The Morgan fingerprint density at radius 2 is 1.81 bits per heavy atom. The quantitative estimate of drug-likeness (QED) is 0.696. The molecule has 0 fully saturated rings. The summed E-state index contributed by atoms with van der Waals surface area (Å²) in [4.78, 5) is 15.6. The van der Waals surface area contributed by atoms with Crippen LogP contribution >= 0.6 is 0 Å². The van der Waals surface area contributed by atoms with Crippen molar-refractivity contribution in [1.82, 2.24) is 8.96 Å². The van der Waals surface area contributed by atoms with E-state index in [2.05, 4.69) is 4.98 Å². The van der Waals surface area contributed by atoms with E-state index in [0.29, 0.717) is 17.4 Å². The maximum atomic E-state index is 12.8. The van der Waals surface area contributed by atoms with Crippen LogP contribution in [0.25, 0.3) is 11.0 Å². The van der Waals surface area contributed by atoms with Crippen molar-refractivity contribution in [2.24, 2.45) is 0 Å². The highest BCUT2D eigenvalue weighted by atomic mass is 32.2. The number of hydrogen-bond acceptors (Lipinski definition) is 4. The normalized spacial score (nSPS) is 11.7. The van der Waals surface area contributed by atoms with E-state index in [0.717, 1.165) is 3.97 Å². The molecule has 1 aromatic carbocycles. The molecular weight excluding hydrogens is 288 g/mol. The van der Waals surface area contributed by atoms with Gasteiger partial charge >= 0.3 is 0 Å². The van der Waals surface area contributed by atoms with E-state index in [1.807, 2.05) is 0 Å². The molecule has 0 N–H and O–H groups in total. The molecule has 0 saturated heterocycles. The van der Waals surface area contributed by atoms with Gasteiger partial charge in [-0.3, -0.25) is 4.79 Å². The maximum Gasteiger partial charge on any atom is 0.270 e. The predicted molar refractivity (Wildman–Crippen MR) is 78.9 cm³/mol. The first-order valence-electron chi connectivity index (χ1n) is 6.29. The second kappa shape index (κ2) is 4.82. The van der Waals surface area contributed by atoms with Gasteiger partial charge in [-0.2, -0.15) is 0 Å². The van der Waals surface area contributed by atoms with Gasteiger partial charge in [0.2, 0.25) is 0 Å². The van der Waals surface area contributed by atoms with Gasteiger partial charge < -0.3 is 0 Å². The van der Waals surface area contributed by atoms with Crippen molar-refractivity contribution in [2.45, 2.75) is 11.8 Å². The monoisotopic (exact) mass is 300 g/mol. The minimum atomic E-state index is -3.86. The third-order valence-electron chi connectivity index (χ3n) is 3.18. The van der Waals surface area contributed by atoms with E-state index in [9.17, 15) is 13.2 Å². The number of aromatic nitrogens is 2. The van der Waals surface area contributed by atoms with Crippen molar-refractivity contribution < 1.29 is 13.2 Å². The van der Waals surface area contributed by atoms with Crippen LogP contribution < -0.4 is 0 Å². The van der Waals surface area contributed by atoms with E-state index in [1.165, 1.54) is 18.2 Å². The first-order chi connectivity index (χ1) is 10.0. The van der Waals surface area contributed by atoms with Gasteiger partial charge in [0.05, 0.1) is 10.6 Å². The third-order valence-corrected chi connectivity index (χ3v) is 4.91. The lowest BCUT2D eigenvalue weighted by molar-refractivity contribution is 0.111. The fraction of sp³-hybridized carbons (Fsp3) is 0.0667. The second-order valence-electron chi connectivity index (χ2n) is 4.64. The van der Waals surface area contributed by atoms with Gasteiger partial charge in [0.15, 0.2) is 11.9 Å². The molecule has 0 unspecified atom stereocenters. The summed E-state index contributed by atoms with van der Waals surface area (Å²) in [5, 5.41) is 0.613. The van der Waals surface area contributed by atoms with Crippen LogP contribution in [-0.4, -0.2) is 23.7 Å². The summed E-state index contributed by atoms with van der Waals surface area (Å²) in [6.07, 6.45) is 0.525. The average Bonchev–Trinajstić information content (AvgIpc) is 2.86. The van der Waals surface area contributed by atoms with Crippen molar-refractivity contribution in [3.8, 4) is 0 Å². The minimum absolute atomic E-state index is 0.0620. The summed E-state index contributed by atoms with van der Waals surface area (Å²) in [6.45, 7) is 1.77. The molecule has 2 heterocycles. The molecule has 0 atom stereocenters. The molecule has 0 spiro atoms. The average molecular weight is 300 g/mol. The van der Waals surface area contributed by atoms with Crippen LogP contribution in [0, 0.1) is 6.92 Å². The molecule has 106 valence electrons. The Kier molecular flexibility index (Phi) is 3.10. The number of aryl methyl sites for hydroxylation is 1. The molecule has 2 aromatic heterocycles. The zero-order valence-corrected chi connectivity index (χ0v) is 12.0. The SMILES string of the molecule is Cc1ccc2cc(C=O)n(S(=O)(=O)c3ccccc3)c2n1. The lowest BCUT2D eigenvalue weighted by Gasteiger charge is -2.08. The summed E-state index contributed by atoms with van der Waals surface area (Å²) < 4.78 is 26.5. The van der Waals surface area contributed by atoms with Crippen molar-refractivity contribution >= 4 is 27.3 Å². The molecule has 3 rings (SSSR count). The largest absolute Gasteiger partial charge is 0.296 e. The summed E-state index contributed by atoms with van der Waals surface area (Å²) in [6, 6.07) is 13.0. The van der Waals surface area contributed by atoms with Gasteiger partial charge in [-0.1, -0.05) is 18.2 Å². The van der Waals surface area contributed by atoms with Gasteiger partial charge in [-0.25, -0.2) is 17.4 Å². The number of aldehydes is 1. The Hall–Kier alpha value is -2.47. The molecule has 3 aromatic rings. The van der Waals surface area contributed by atoms with Crippen molar-refractivity contribution in [3.63, 3.8) is 0 Å². The van der Waals surface area contributed by atoms with E-state index in [1.54, 1.807) is 37.3 Å². The Bertz CT molecular complexity index is 928. The summed E-state index contributed by atoms with van der Waals surface area (Å²) in [5.74, 6) is 0. The number of pyridine rings is 1. The first-order valence-corrected chi connectivity index (χ1v) is 7.73. The number of rotatable bonds is 3. The minimum Gasteiger partial charge on any atom is -0.296 e. The molecule has 21 heavy (non-hydrogen) atoms. The van der Waals surface area contributed by atoms with Crippen LogP contribution in [0.5, 0.6) is 0 Å². The predicted octanol–water partition coefficient (Wildman–Crippen LogP) is 2.39. The molecule has 5 nitrogen and oxygen atoms in total. The Morgan fingerprint density at radius 1 is 1.10 bits per heavy atom. The van der Waals surface area contributed by atoms with Crippen LogP contribution in [0.4, 0.5) is 0 Å². The van der Waals surface area contributed by atoms with E-state index in [4.69, 9.17) is 0 Å². The maximum absolute atomic E-state index is 12.8. The number of hydrogen-bond donors (Lipinski definition) is 0. The Balaban J connectivity index is 2.38. The van der Waals surface area contributed by atoms with E-state index < -0.39 is 10.0 Å². The Labute approximate surface area is 121 Å². The van der Waals surface area contributed by atoms with Crippen LogP contribution in [0.1, 0.15) is 16.2 Å². The third kappa shape index (κ3) is 2.13. The zero-order chi connectivity index (χ0) is 15.0. The topological polar surface area (TPSA) is 69.0 Å². The summed E-state index contributed by atoms with van der Waals surface area (Å²) >= 11 is 0. The van der Waals surface area contributed by atoms with Crippen molar-refractivity contribution in [3.05, 3.63) is 59.9 Å². The lowest BCUT2D eigenvalue weighted by atomic mass is 10.3. The Morgan fingerprint density at radius 3 is 2.48 bits per heavy atom. The fourth-order valence-corrected chi connectivity index (χ4v) is 3.66. The molecule has 0 aliphatic carbocycles. The fourth-order valence-electron chi connectivity index (χ4n) is 2.20. The van der Waals surface area contributed by atoms with Gasteiger partial charge in [-0.05, 0) is 37.3 Å². The number of carbonyl (C=O) groups excluding carboxylic acids is 1. The smallest absolute Gasteiger partial charge is 0.270 e. The molecule has 0 amide bonds. The number of nitrogens with zero attached hydrogens (tertiary/aromatic N) is 2. The van der Waals surface area contributed by atoms with Gasteiger partial charge in [0.25, 0.3) is 10.0 Å². The molecule has 6 heteroatoms. The molecule has 0 saturated carbocycles. The highest BCUT2D eigenvalue weighted by Crippen LogP contribution is 2.23. The summed E-state index contributed by atoms with van der Waals surface area (Å²) in [5.41, 5.74) is 1.01.